The molecule has 1 aliphatic heterocycles. The molecule has 1 aromatic carbocycles. The maximum atomic E-state index is 13.4. The summed E-state index contributed by atoms with van der Waals surface area (Å²) in [6.07, 6.45) is 5.31. The van der Waals surface area contributed by atoms with Gasteiger partial charge in [-0.05, 0) is 31.5 Å². The fourth-order valence-electron chi connectivity index (χ4n) is 3.73. The Balaban J connectivity index is 1.52. The lowest BCUT2D eigenvalue weighted by atomic mass is 10.1. The monoisotopic (exact) mass is 445 g/mol. The number of hydrogen-bond acceptors (Lipinski definition) is 5. The number of halogens is 2. The molecule has 31 heavy (non-hydrogen) atoms. The molecule has 3 heterocycles. The van der Waals surface area contributed by atoms with Crippen molar-refractivity contribution in [2.24, 2.45) is 0 Å². The second-order valence-electron chi connectivity index (χ2n) is 7.79. The summed E-state index contributed by atoms with van der Waals surface area (Å²) in [7, 11) is 0. The smallest absolute Gasteiger partial charge is 0.273 e. The predicted octanol–water partition coefficient (Wildman–Crippen LogP) is 4.32. The lowest BCUT2D eigenvalue weighted by Gasteiger charge is -2.27. The number of carbonyl (C=O) groups excluding carboxylic acids is 1. The van der Waals surface area contributed by atoms with E-state index < -0.39 is 5.92 Å². The number of nitrogens with zero attached hydrogens (tertiary/aromatic N) is 4. The van der Waals surface area contributed by atoms with E-state index in [0.717, 1.165) is 38.4 Å². The molecule has 1 aliphatic rings. The topological polar surface area (TPSA) is 63.1 Å². The van der Waals surface area contributed by atoms with E-state index in [1.165, 1.54) is 23.5 Å². The van der Waals surface area contributed by atoms with Gasteiger partial charge in [0.2, 0.25) is 0 Å². The number of alkyl halides is 2. The molecule has 1 N–H and O–H groups in total. The lowest BCUT2D eigenvalue weighted by molar-refractivity contribution is 0.0174. The zero-order chi connectivity index (χ0) is 22.0. The van der Waals surface area contributed by atoms with Gasteiger partial charge < -0.3 is 10.2 Å². The highest BCUT2D eigenvalue weighted by Crippen LogP contribution is 2.29. The van der Waals surface area contributed by atoms with E-state index in [-0.39, 0.29) is 17.5 Å². The number of thiazole rings is 1. The van der Waals surface area contributed by atoms with Crippen molar-refractivity contribution < 1.29 is 13.6 Å². The van der Waals surface area contributed by atoms with Gasteiger partial charge in [0.1, 0.15) is 10.7 Å². The van der Waals surface area contributed by atoms with Crippen LogP contribution in [0, 0.1) is 0 Å². The first-order chi connectivity index (χ1) is 14.9. The van der Waals surface area contributed by atoms with Crippen LogP contribution in [0.2, 0.25) is 0 Å². The highest BCUT2D eigenvalue weighted by molar-refractivity contribution is 7.13. The summed E-state index contributed by atoms with van der Waals surface area (Å²) in [5.41, 5.74) is 1.86. The van der Waals surface area contributed by atoms with Crippen LogP contribution in [0.1, 0.15) is 42.7 Å². The third-order valence-electron chi connectivity index (χ3n) is 5.39. The van der Waals surface area contributed by atoms with Crippen molar-refractivity contribution in [3.63, 3.8) is 0 Å². The first kappa shape index (κ1) is 21.6. The summed E-state index contributed by atoms with van der Waals surface area (Å²) in [5, 5.41) is 10.1. The molecule has 0 bridgehead atoms. The molecule has 1 unspecified atom stereocenters. The zero-order valence-corrected chi connectivity index (χ0v) is 18.3. The predicted molar refractivity (Wildman–Crippen MR) is 117 cm³/mol. The molecule has 0 spiro atoms. The van der Waals surface area contributed by atoms with Crippen molar-refractivity contribution in [1.82, 2.24) is 25.0 Å². The van der Waals surface area contributed by atoms with Crippen molar-refractivity contribution in [3.8, 4) is 16.3 Å². The molecule has 1 saturated heterocycles. The third-order valence-corrected chi connectivity index (χ3v) is 6.28. The minimum Gasteiger partial charge on any atom is -0.333 e. The molecule has 9 heteroatoms. The summed E-state index contributed by atoms with van der Waals surface area (Å²) in [5.74, 6) is -2.92. The van der Waals surface area contributed by atoms with Gasteiger partial charge in [0.05, 0.1) is 11.9 Å². The van der Waals surface area contributed by atoms with Crippen LogP contribution in [-0.4, -0.2) is 51.2 Å². The van der Waals surface area contributed by atoms with E-state index in [4.69, 9.17) is 0 Å². The molecule has 1 amide bonds. The minimum absolute atomic E-state index is 0.0403. The Labute approximate surface area is 183 Å². The maximum absolute atomic E-state index is 13.4. The van der Waals surface area contributed by atoms with Crippen molar-refractivity contribution >= 4 is 17.2 Å². The summed E-state index contributed by atoms with van der Waals surface area (Å²) < 4.78 is 28.5. The Hall–Kier alpha value is -2.65. The van der Waals surface area contributed by atoms with E-state index in [2.05, 4.69) is 22.3 Å². The number of benzene rings is 1. The lowest BCUT2D eigenvalue weighted by Crippen LogP contribution is -2.42. The zero-order valence-electron chi connectivity index (χ0n) is 17.5. The summed E-state index contributed by atoms with van der Waals surface area (Å²) >= 11 is 1.40. The van der Waals surface area contributed by atoms with Crippen molar-refractivity contribution in [2.45, 2.75) is 38.7 Å². The Morgan fingerprint density at radius 1 is 1.35 bits per heavy atom. The molecule has 6 nitrogen and oxygen atoms in total. The first-order valence-corrected chi connectivity index (χ1v) is 11.3. The molecule has 0 aliphatic carbocycles. The Morgan fingerprint density at radius 3 is 2.77 bits per heavy atom. The van der Waals surface area contributed by atoms with Crippen LogP contribution in [0.4, 0.5) is 8.78 Å². The average Bonchev–Trinajstić information content (AvgIpc) is 3.52. The summed E-state index contributed by atoms with van der Waals surface area (Å²) in [4.78, 5) is 19.6. The van der Waals surface area contributed by atoms with Gasteiger partial charge in [0.25, 0.3) is 11.8 Å². The van der Waals surface area contributed by atoms with Crippen LogP contribution < -0.4 is 5.32 Å². The van der Waals surface area contributed by atoms with Crippen LogP contribution >= 0.6 is 11.3 Å². The molecule has 1 atom stereocenters. The first-order valence-electron chi connectivity index (χ1n) is 10.4. The largest absolute Gasteiger partial charge is 0.333 e. The number of aromatic nitrogens is 3. The van der Waals surface area contributed by atoms with E-state index >= 15 is 0 Å². The Kier molecular flexibility index (Phi) is 6.15. The highest BCUT2D eigenvalue weighted by atomic mass is 32.1. The fourth-order valence-corrected chi connectivity index (χ4v) is 4.50. The third kappa shape index (κ3) is 4.67. The van der Waals surface area contributed by atoms with E-state index in [1.54, 1.807) is 34.6 Å². The van der Waals surface area contributed by atoms with Crippen LogP contribution in [-0.2, 0) is 5.92 Å². The number of nitrogens with one attached hydrogen (secondary N) is 1. The van der Waals surface area contributed by atoms with Gasteiger partial charge in [-0.3, -0.25) is 4.79 Å². The molecule has 0 saturated carbocycles. The second-order valence-corrected chi connectivity index (χ2v) is 8.65. The molecular formula is C22H25F2N5OS. The van der Waals surface area contributed by atoms with Crippen LogP contribution in [0.25, 0.3) is 16.3 Å². The maximum Gasteiger partial charge on any atom is 0.273 e. The van der Waals surface area contributed by atoms with Gasteiger partial charge in [-0.1, -0.05) is 19.1 Å². The quantitative estimate of drug-likeness (QED) is 0.588. The second kappa shape index (κ2) is 8.84. The Morgan fingerprint density at radius 2 is 2.13 bits per heavy atom. The number of amides is 1. The van der Waals surface area contributed by atoms with Crippen LogP contribution in [0.3, 0.4) is 0 Å². The van der Waals surface area contributed by atoms with Gasteiger partial charge in [-0.2, -0.15) is 5.10 Å². The SMILES string of the molecule is CCCN(C(=O)c1csc(-c2cnn(-c3ccc(C(C)(F)F)cc3)c2)n1)C1CCNC1. The molecule has 3 aromatic rings. The molecule has 164 valence electrons. The van der Waals surface area contributed by atoms with E-state index in [1.807, 2.05) is 4.90 Å². The molecular weight excluding hydrogens is 420 g/mol. The number of rotatable bonds is 7. The van der Waals surface area contributed by atoms with Gasteiger partial charge in [-0.15, -0.1) is 11.3 Å². The van der Waals surface area contributed by atoms with Crippen molar-refractivity contribution in [3.05, 3.63) is 53.3 Å². The van der Waals surface area contributed by atoms with E-state index in [0.29, 0.717) is 22.9 Å². The van der Waals surface area contributed by atoms with Crippen molar-refractivity contribution in [2.75, 3.05) is 19.6 Å². The van der Waals surface area contributed by atoms with E-state index in [9.17, 15) is 13.6 Å². The summed E-state index contributed by atoms with van der Waals surface area (Å²) in [6, 6.07) is 6.23. The summed E-state index contributed by atoms with van der Waals surface area (Å²) in [6.45, 7) is 5.40. The van der Waals surface area contributed by atoms with Crippen molar-refractivity contribution in [1.29, 1.82) is 0 Å². The van der Waals surface area contributed by atoms with Gasteiger partial charge in [0, 0.05) is 48.8 Å². The fraction of sp³-hybridized carbons (Fsp3) is 0.409. The minimum atomic E-state index is -2.88. The highest BCUT2D eigenvalue weighted by Gasteiger charge is 2.28. The number of carbonyl (C=O) groups is 1. The van der Waals surface area contributed by atoms with Gasteiger partial charge in [-0.25, -0.2) is 18.4 Å². The molecule has 1 fully saturated rings. The normalized spacial score (nSPS) is 16.6. The standard InChI is InChI=1S/C22H25F2N5OS/c1-3-10-28(18-8-9-25-12-18)21(30)19-14-31-20(27-19)15-11-26-29(13-15)17-6-4-16(5-7-17)22(2,23)24/h4-7,11,13-14,18,25H,3,8-10,12H2,1-2H3. The number of hydrogen-bond donors (Lipinski definition) is 1. The van der Waals surface area contributed by atoms with Crippen LogP contribution in [0.15, 0.2) is 42.0 Å². The van der Waals surface area contributed by atoms with Gasteiger partial charge in [0.15, 0.2) is 0 Å². The average molecular weight is 446 g/mol. The van der Waals surface area contributed by atoms with Gasteiger partial charge >= 0.3 is 0 Å². The molecule has 2 aromatic heterocycles. The molecule has 0 radical (unpaired) electrons. The Bertz CT molecular complexity index is 1030. The van der Waals surface area contributed by atoms with Crippen LogP contribution in [0.5, 0.6) is 0 Å². The molecule has 4 rings (SSSR count).